The van der Waals surface area contributed by atoms with Crippen LogP contribution in [0.4, 0.5) is 5.13 Å². The van der Waals surface area contributed by atoms with Gasteiger partial charge in [-0.25, -0.2) is 13.4 Å². The normalized spacial score (nSPS) is 12.6. The molecule has 0 saturated heterocycles. The number of rotatable bonds is 9. The van der Waals surface area contributed by atoms with Gasteiger partial charge in [0, 0.05) is 19.5 Å². The summed E-state index contributed by atoms with van der Waals surface area (Å²) in [6, 6.07) is 4.97. The van der Waals surface area contributed by atoms with Crippen molar-refractivity contribution in [1.29, 1.82) is 0 Å². The summed E-state index contributed by atoms with van der Waals surface area (Å²) in [6.07, 6.45) is 0.426. The number of nitrogens with one attached hydrogen (secondary N) is 1. The minimum Gasteiger partial charge on any atom is -0.302 e. The van der Waals surface area contributed by atoms with E-state index >= 15 is 0 Å². The maximum Gasteiger partial charge on any atom is 0.243 e. The molecule has 156 valence electrons. The molecule has 0 aliphatic carbocycles. The third-order valence-corrected chi connectivity index (χ3v) is 6.74. The number of nitrogens with zero attached hydrogens (tertiary/aromatic N) is 2. The molecular formula is C20H31N3O3S2. The van der Waals surface area contributed by atoms with E-state index in [0.717, 1.165) is 4.70 Å². The van der Waals surface area contributed by atoms with Crippen LogP contribution in [0.2, 0.25) is 0 Å². The average Bonchev–Trinajstić information content (AvgIpc) is 2.93. The zero-order chi connectivity index (χ0) is 21.1. The lowest BCUT2D eigenvalue weighted by Crippen LogP contribution is -2.37. The van der Waals surface area contributed by atoms with Crippen LogP contribution < -0.4 is 5.32 Å². The molecule has 0 spiro atoms. The first kappa shape index (κ1) is 22.8. The van der Waals surface area contributed by atoms with Crippen LogP contribution in [0.5, 0.6) is 0 Å². The highest BCUT2D eigenvalue weighted by Crippen LogP contribution is 2.30. The zero-order valence-corrected chi connectivity index (χ0v) is 19.2. The molecule has 8 heteroatoms. The van der Waals surface area contributed by atoms with Crippen LogP contribution in [0, 0.1) is 17.8 Å². The Hall–Kier alpha value is -1.51. The summed E-state index contributed by atoms with van der Waals surface area (Å²) >= 11 is 1.30. The Labute approximate surface area is 172 Å². The molecule has 1 aromatic heterocycles. The fourth-order valence-corrected chi connectivity index (χ4v) is 5.68. The van der Waals surface area contributed by atoms with E-state index in [1.54, 1.807) is 22.5 Å². The van der Waals surface area contributed by atoms with Crippen LogP contribution in [-0.4, -0.2) is 36.7 Å². The monoisotopic (exact) mass is 425 g/mol. The van der Waals surface area contributed by atoms with Gasteiger partial charge in [-0.1, -0.05) is 52.9 Å². The van der Waals surface area contributed by atoms with Gasteiger partial charge < -0.3 is 5.32 Å². The molecule has 0 fully saturated rings. The van der Waals surface area contributed by atoms with Crippen LogP contribution in [0.25, 0.3) is 10.2 Å². The number of sulfonamides is 1. The fraction of sp³-hybridized carbons (Fsp3) is 0.600. The van der Waals surface area contributed by atoms with Gasteiger partial charge in [-0.2, -0.15) is 4.31 Å². The third kappa shape index (κ3) is 5.99. The summed E-state index contributed by atoms with van der Waals surface area (Å²) in [6.45, 7) is 13.0. The fourth-order valence-electron chi connectivity index (χ4n) is 2.89. The van der Waals surface area contributed by atoms with Gasteiger partial charge in [0.25, 0.3) is 0 Å². The number of hydrogen-bond donors (Lipinski definition) is 1. The van der Waals surface area contributed by atoms with Crippen molar-refractivity contribution < 1.29 is 13.2 Å². The Morgan fingerprint density at radius 1 is 1.07 bits per heavy atom. The van der Waals surface area contributed by atoms with Gasteiger partial charge in [-0.05, 0) is 36.0 Å². The molecule has 28 heavy (non-hydrogen) atoms. The van der Waals surface area contributed by atoms with Crippen molar-refractivity contribution >= 4 is 42.6 Å². The third-order valence-electron chi connectivity index (χ3n) is 3.98. The van der Waals surface area contributed by atoms with Crippen LogP contribution in [0.1, 0.15) is 48.0 Å². The molecule has 0 aliphatic rings. The van der Waals surface area contributed by atoms with E-state index < -0.39 is 10.0 Å². The molecule has 1 aromatic carbocycles. The average molecular weight is 426 g/mol. The largest absolute Gasteiger partial charge is 0.302 e. The summed E-state index contributed by atoms with van der Waals surface area (Å²) in [5, 5.41) is 3.30. The van der Waals surface area contributed by atoms with E-state index in [1.165, 1.54) is 11.3 Å². The summed E-state index contributed by atoms with van der Waals surface area (Å²) in [5.41, 5.74) is 0.683. The number of aromatic nitrogens is 1. The topological polar surface area (TPSA) is 79.4 Å². The maximum absolute atomic E-state index is 13.2. The number of carbonyl (C=O) groups excluding carboxylic acids is 1. The number of benzene rings is 1. The molecule has 0 radical (unpaired) electrons. The molecule has 1 heterocycles. The van der Waals surface area contributed by atoms with Crippen molar-refractivity contribution in [3.8, 4) is 0 Å². The van der Waals surface area contributed by atoms with Crippen molar-refractivity contribution in [2.24, 2.45) is 17.8 Å². The quantitative estimate of drug-likeness (QED) is 0.637. The Kier molecular flexibility index (Phi) is 7.59. The predicted octanol–water partition coefficient (Wildman–Crippen LogP) is 4.58. The Morgan fingerprint density at radius 2 is 1.68 bits per heavy atom. The SMILES string of the molecule is CC(C)CC(=O)Nc1nc2ccc(S(=O)(=O)N(CC(C)C)CC(C)C)cc2s1. The van der Waals surface area contributed by atoms with Gasteiger partial charge in [-0.15, -0.1) is 0 Å². The lowest BCUT2D eigenvalue weighted by molar-refractivity contribution is -0.116. The molecule has 0 aliphatic heterocycles. The molecule has 0 unspecified atom stereocenters. The van der Waals surface area contributed by atoms with Gasteiger partial charge in [0.05, 0.1) is 15.1 Å². The summed E-state index contributed by atoms with van der Waals surface area (Å²) in [4.78, 5) is 16.6. The van der Waals surface area contributed by atoms with Gasteiger partial charge in [0.2, 0.25) is 15.9 Å². The Morgan fingerprint density at radius 3 is 2.21 bits per heavy atom. The number of thiazole rings is 1. The summed E-state index contributed by atoms with van der Waals surface area (Å²) in [5.74, 6) is 0.660. The number of fused-ring (bicyclic) bond motifs is 1. The summed E-state index contributed by atoms with van der Waals surface area (Å²) < 4.78 is 28.7. The number of anilines is 1. The highest BCUT2D eigenvalue weighted by molar-refractivity contribution is 7.89. The van der Waals surface area contributed by atoms with Gasteiger partial charge in [-0.3, -0.25) is 4.79 Å². The first-order valence-electron chi connectivity index (χ1n) is 9.69. The van der Waals surface area contributed by atoms with Gasteiger partial charge in [0.1, 0.15) is 0 Å². The second-order valence-electron chi connectivity index (χ2n) is 8.40. The second-order valence-corrected chi connectivity index (χ2v) is 11.4. The van der Waals surface area contributed by atoms with Crippen molar-refractivity contribution in [3.63, 3.8) is 0 Å². The standard InChI is InChI=1S/C20H31N3O3S2/c1-13(2)9-19(24)22-20-21-17-8-7-16(10-18(17)27-20)28(25,26)23(11-14(3)4)12-15(5)6/h7-8,10,13-15H,9,11-12H2,1-6H3,(H,21,22,24). The highest BCUT2D eigenvalue weighted by atomic mass is 32.2. The number of hydrogen-bond acceptors (Lipinski definition) is 5. The Balaban J connectivity index is 2.32. The van der Waals surface area contributed by atoms with E-state index in [-0.39, 0.29) is 28.6 Å². The highest BCUT2D eigenvalue weighted by Gasteiger charge is 2.26. The smallest absolute Gasteiger partial charge is 0.243 e. The molecule has 6 nitrogen and oxygen atoms in total. The lowest BCUT2D eigenvalue weighted by Gasteiger charge is -2.25. The number of amides is 1. The van der Waals surface area contributed by atoms with Gasteiger partial charge in [0.15, 0.2) is 5.13 Å². The zero-order valence-electron chi connectivity index (χ0n) is 17.5. The predicted molar refractivity (Wildman–Crippen MR) is 116 cm³/mol. The van der Waals surface area contributed by atoms with E-state index in [1.807, 2.05) is 41.5 Å². The molecule has 2 aromatic rings. The summed E-state index contributed by atoms with van der Waals surface area (Å²) in [7, 11) is -3.59. The van der Waals surface area contributed by atoms with E-state index in [0.29, 0.717) is 30.2 Å². The minimum atomic E-state index is -3.59. The van der Waals surface area contributed by atoms with Crippen molar-refractivity contribution in [1.82, 2.24) is 9.29 Å². The van der Waals surface area contributed by atoms with Crippen LogP contribution in [-0.2, 0) is 14.8 Å². The molecule has 0 bridgehead atoms. The minimum absolute atomic E-state index is 0.0815. The maximum atomic E-state index is 13.2. The van der Waals surface area contributed by atoms with Crippen molar-refractivity contribution in [2.75, 3.05) is 18.4 Å². The second kappa shape index (κ2) is 9.33. The van der Waals surface area contributed by atoms with Gasteiger partial charge >= 0.3 is 0 Å². The molecule has 0 atom stereocenters. The molecular weight excluding hydrogens is 394 g/mol. The van der Waals surface area contributed by atoms with E-state index in [9.17, 15) is 13.2 Å². The van der Waals surface area contributed by atoms with Crippen molar-refractivity contribution in [3.05, 3.63) is 18.2 Å². The van der Waals surface area contributed by atoms with Crippen LogP contribution in [0.3, 0.4) is 0 Å². The molecule has 0 saturated carbocycles. The number of carbonyl (C=O) groups is 1. The molecule has 1 N–H and O–H groups in total. The molecule has 2 rings (SSSR count). The van der Waals surface area contributed by atoms with Crippen molar-refractivity contribution in [2.45, 2.75) is 52.9 Å². The first-order valence-corrected chi connectivity index (χ1v) is 11.9. The van der Waals surface area contributed by atoms with Crippen LogP contribution in [0.15, 0.2) is 23.1 Å². The van der Waals surface area contributed by atoms with Crippen LogP contribution >= 0.6 is 11.3 Å². The van der Waals surface area contributed by atoms with E-state index in [4.69, 9.17) is 0 Å². The first-order chi connectivity index (χ1) is 13.0. The van der Waals surface area contributed by atoms with E-state index in [2.05, 4.69) is 10.3 Å². The lowest BCUT2D eigenvalue weighted by atomic mass is 10.1. The molecule has 1 amide bonds. The Bertz CT molecular complexity index is 908.